The van der Waals surface area contributed by atoms with Gasteiger partial charge in [0.05, 0.1) is 5.69 Å². The first-order chi connectivity index (χ1) is 6.81. The average molecular weight is 194 g/mol. The van der Waals surface area contributed by atoms with Crippen LogP contribution >= 0.6 is 0 Å². The normalized spacial score (nSPS) is 16.3. The highest BCUT2D eigenvalue weighted by atomic mass is 19.1. The number of rotatable bonds is 2. The first-order valence-electron chi connectivity index (χ1n) is 5.04. The molecule has 2 N–H and O–H groups in total. The molecule has 1 saturated heterocycles. The maximum atomic E-state index is 13.6. The minimum Gasteiger partial charge on any atom is -0.369 e. The van der Waals surface area contributed by atoms with Crippen LogP contribution in [0.25, 0.3) is 0 Å². The molecule has 76 valence electrons. The lowest BCUT2D eigenvalue weighted by molar-refractivity contribution is 0.621. The molecule has 0 aromatic heterocycles. The molecule has 2 nitrogen and oxygen atoms in total. The Morgan fingerprint density at radius 2 is 2.00 bits per heavy atom. The Balaban J connectivity index is 2.25. The Bertz CT molecular complexity index is 319. The van der Waals surface area contributed by atoms with E-state index in [0.717, 1.165) is 37.2 Å². The SMILES string of the molecule is NCc1ccc(N2CCCC2)c(F)c1. The Labute approximate surface area is 83.5 Å². The summed E-state index contributed by atoms with van der Waals surface area (Å²) in [5.41, 5.74) is 7.02. The van der Waals surface area contributed by atoms with Crippen LogP contribution in [0.5, 0.6) is 0 Å². The molecule has 0 saturated carbocycles. The van der Waals surface area contributed by atoms with Crippen LogP contribution in [-0.2, 0) is 6.54 Å². The second-order valence-electron chi connectivity index (χ2n) is 3.68. The molecule has 0 bridgehead atoms. The average Bonchev–Trinajstić information content (AvgIpc) is 2.70. The highest BCUT2D eigenvalue weighted by Gasteiger charge is 2.15. The van der Waals surface area contributed by atoms with Crippen LogP contribution in [0.1, 0.15) is 18.4 Å². The number of hydrogen-bond acceptors (Lipinski definition) is 2. The summed E-state index contributed by atoms with van der Waals surface area (Å²) < 4.78 is 13.6. The van der Waals surface area contributed by atoms with Gasteiger partial charge in [-0.05, 0) is 30.5 Å². The summed E-state index contributed by atoms with van der Waals surface area (Å²) in [4.78, 5) is 2.09. The molecule has 0 radical (unpaired) electrons. The van der Waals surface area contributed by atoms with Crippen LogP contribution in [0.2, 0.25) is 0 Å². The molecule has 1 heterocycles. The van der Waals surface area contributed by atoms with Crippen LogP contribution < -0.4 is 10.6 Å². The summed E-state index contributed by atoms with van der Waals surface area (Å²) in [7, 11) is 0. The molecule has 3 heteroatoms. The van der Waals surface area contributed by atoms with Crippen molar-refractivity contribution in [1.29, 1.82) is 0 Å². The van der Waals surface area contributed by atoms with Gasteiger partial charge in [-0.2, -0.15) is 0 Å². The predicted octanol–water partition coefficient (Wildman–Crippen LogP) is 1.88. The van der Waals surface area contributed by atoms with Crippen LogP contribution in [0, 0.1) is 5.82 Å². The predicted molar refractivity (Wildman–Crippen MR) is 55.7 cm³/mol. The van der Waals surface area contributed by atoms with E-state index in [1.807, 2.05) is 12.1 Å². The zero-order valence-electron chi connectivity index (χ0n) is 8.17. The summed E-state index contributed by atoms with van der Waals surface area (Å²) in [6.45, 7) is 2.34. The molecule has 2 rings (SSSR count). The first-order valence-corrected chi connectivity index (χ1v) is 5.04. The molecule has 0 unspecified atom stereocenters. The van der Waals surface area contributed by atoms with Crippen LogP contribution in [0.4, 0.5) is 10.1 Å². The lowest BCUT2D eigenvalue weighted by atomic mass is 10.2. The quantitative estimate of drug-likeness (QED) is 0.779. The van der Waals surface area contributed by atoms with Gasteiger partial charge < -0.3 is 10.6 Å². The molecule has 1 aliphatic heterocycles. The van der Waals surface area contributed by atoms with E-state index in [-0.39, 0.29) is 5.82 Å². The minimum absolute atomic E-state index is 0.144. The summed E-state index contributed by atoms with van der Waals surface area (Å²) in [6.07, 6.45) is 2.33. The van der Waals surface area contributed by atoms with Crippen molar-refractivity contribution in [3.63, 3.8) is 0 Å². The number of halogens is 1. The van der Waals surface area contributed by atoms with E-state index in [4.69, 9.17) is 5.73 Å². The number of anilines is 1. The summed E-state index contributed by atoms with van der Waals surface area (Å²) in [6, 6.07) is 5.27. The molecule has 1 aromatic carbocycles. The number of nitrogens with zero attached hydrogens (tertiary/aromatic N) is 1. The van der Waals surface area contributed by atoms with Gasteiger partial charge in [-0.15, -0.1) is 0 Å². The topological polar surface area (TPSA) is 29.3 Å². The van der Waals surface area contributed by atoms with Crippen molar-refractivity contribution in [2.45, 2.75) is 19.4 Å². The lowest BCUT2D eigenvalue weighted by Crippen LogP contribution is -2.19. The van der Waals surface area contributed by atoms with Crippen molar-refractivity contribution in [3.8, 4) is 0 Å². The Kier molecular flexibility index (Phi) is 2.68. The van der Waals surface area contributed by atoms with E-state index >= 15 is 0 Å². The standard InChI is InChI=1S/C11H15FN2/c12-10-7-9(8-13)3-4-11(10)14-5-1-2-6-14/h3-4,7H,1-2,5-6,8,13H2. The zero-order valence-corrected chi connectivity index (χ0v) is 8.17. The fourth-order valence-corrected chi connectivity index (χ4v) is 1.89. The third kappa shape index (κ3) is 1.73. The largest absolute Gasteiger partial charge is 0.369 e. The number of benzene rings is 1. The second-order valence-corrected chi connectivity index (χ2v) is 3.68. The van der Waals surface area contributed by atoms with Crippen LogP contribution in [0.3, 0.4) is 0 Å². The second kappa shape index (κ2) is 3.96. The molecule has 1 fully saturated rings. The fraction of sp³-hybridized carbons (Fsp3) is 0.455. The van der Waals surface area contributed by atoms with Crippen molar-refractivity contribution in [3.05, 3.63) is 29.6 Å². The Hall–Kier alpha value is -1.09. The van der Waals surface area contributed by atoms with E-state index in [1.165, 1.54) is 6.07 Å². The zero-order chi connectivity index (χ0) is 9.97. The third-order valence-electron chi connectivity index (χ3n) is 2.69. The van der Waals surface area contributed by atoms with E-state index in [0.29, 0.717) is 6.54 Å². The van der Waals surface area contributed by atoms with Gasteiger partial charge in [-0.3, -0.25) is 0 Å². The highest BCUT2D eigenvalue weighted by molar-refractivity contribution is 5.49. The van der Waals surface area contributed by atoms with Gasteiger partial charge >= 0.3 is 0 Å². The van der Waals surface area contributed by atoms with Crippen molar-refractivity contribution in [1.82, 2.24) is 0 Å². The van der Waals surface area contributed by atoms with Crippen molar-refractivity contribution >= 4 is 5.69 Å². The lowest BCUT2D eigenvalue weighted by Gasteiger charge is -2.18. The first kappa shape index (κ1) is 9.46. The Morgan fingerprint density at radius 1 is 1.29 bits per heavy atom. The summed E-state index contributed by atoms with van der Waals surface area (Å²) in [5.74, 6) is -0.144. The van der Waals surface area contributed by atoms with Gasteiger partial charge in [0.25, 0.3) is 0 Å². The van der Waals surface area contributed by atoms with Gasteiger partial charge in [-0.25, -0.2) is 4.39 Å². The molecular formula is C11H15FN2. The van der Waals surface area contributed by atoms with Gasteiger partial charge in [0, 0.05) is 19.6 Å². The highest BCUT2D eigenvalue weighted by Crippen LogP contribution is 2.24. The van der Waals surface area contributed by atoms with Gasteiger partial charge in [0.15, 0.2) is 0 Å². The van der Waals surface area contributed by atoms with E-state index in [2.05, 4.69) is 4.90 Å². The van der Waals surface area contributed by atoms with Gasteiger partial charge in [-0.1, -0.05) is 6.07 Å². The van der Waals surface area contributed by atoms with E-state index in [1.54, 1.807) is 0 Å². The molecule has 0 atom stereocenters. The van der Waals surface area contributed by atoms with Gasteiger partial charge in [0.1, 0.15) is 5.82 Å². The van der Waals surface area contributed by atoms with E-state index < -0.39 is 0 Å². The van der Waals surface area contributed by atoms with Crippen molar-refractivity contribution < 1.29 is 4.39 Å². The fourth-order valence-electron chi connectivity index (χ4n) is 1.89. The van der Waals surface area contributed by atoms with Crippen molar-refractivity contribution in [2.24, 2.45) is 5.73 Å². The van der Waals surface area contributed by atoms with E-state index in [9.17, 15) is 4.39 Å². The molecule has 0 spiro atoms. The van der Waals surface area contributed by atoms with Crippen LogP contribution in [0.15, 0.2) is 18.2 Å². The Morgan fingerprint density at radius 3 is 2.57 bits per heavy atom. The van der Waals surface area contributed by atoms with Crippen LogP contribution in [-0.4, -0.2) is 13.1 Å². The molecular weight excluding hydrogens is 179 g/mol. The van der Waals surface area contributed by atoms with Gasteiger partial charge in [0.2, 0.25) is 0 Å². The molecule has 0 amide bonds. The summed E-state index contributed by atoms with van der Waals surface area (Å²) in [5, 5.41) is 0. The maximum absolute atomic E-state index is 13.6. The minimum atomic E-state index is -0.144. The number of hydrogen-bond donors (Lipinski definition) is 1. The van der Waals surface area contributed by atoms with Crippen molar-refractivity contribution in [2.75, 3.05) is 18.0 Å². The number of nitrogens with two attached hydrogens (primary N) is 1. The monoisotopic (exact) mass is 194 g/mol. The molecule has 14 heavy (non-hydrogen) atoms. The molecule has 1 aliphatic rings. The smallest absolute Gasteiger partial charge is 0.146 e. The molecule has 0 aliphatic carbocycles. The summed E-state index contributed by atoms with van der Waals surface area (Å²) >= 11 is 0. The third-order valence-corrected chi connectivity index (χ3v) is 2.69. The molecule has 1 aromatic rings. The maximum Gasteiger partial charge on any atom is 0.146 e.